The fourth-order valence-corrected chi connectivity index (χ4v) is 11.7. The molecule has 0 aliphatic carbocycles. The Morgan fingerprint density at radius 3 is 1.52 bits per heavy atom. The van der Waals surface area contributed by atoms with E-state index in [4.69, 9.17) is 0 Å². The Hall–Kier alpha value is -5.59. The summed E-state index contributed by atoms with van der Waals surface area (Å²) in [6.45, 7) is 13.0. The van der Waals surface area contributed by atoms with E-state index in [1.54, 1.807) is 23.9 Å². The third-order valence-corrected chi connectivity index (χ3v) is 14.5. The smallest absolute Gasteiger partial charge is 0.312 e. The lowest BCUT2D eigenvalue weighted by molar-refractivity contribution is -0.137. The van der Waals surface area contributed by atoms with Gasteiger partial charge in [-0.25, -0.2) is 0 Å². The molecule has 0 N–H and O–H groups in total. The van der Waals surface area contributed by atoms with Crippen LogP contribution in [0.4, 0.5) is 47.3 Å². The van der Waals surface area contributed by atoms with Crippen molar-refractivity contribution in [1.82, 2.24) is 0 Å². The predicted octanol–water partition coefficient (Wildman–Crippen LogP) is 11.1. The van der Waals surface area contributed by atoms with Crippen molar-refractivity contribution < 1.29 is 13.2 Å². The summed E-state index contributed by atoms with van der Waals surface area (Å²) >= 11 is 1.76. The number of benzene rings is 7. The largest absolute Gasteiger partial charge is 0.418 e. The molecule has 0 fully saturated rings. The quantitative estimate of drug-likeness (QED) is 0.160. The lowest BCUT2D eigenvalue weighted by atomic mass is 9.29. The number of hydrogen-bond acceptors (Lipinski definition) is 3. The molecule has 7 aromatic carbocycles. The average molecular weight is 807 g/mol. The van der Waals surface area contributed by atoms with Crippen LogP contribution in [-0.2, 0) is 6.18 Å². The Morgan fingerprint density at radius 1 is 0.483 bits per heavy atom. The van der Waals surface area contributed by atoms with Gasteiger partial charge < -0.3 is 9.80 Å². The molecule has 0 bridgehead atoms. The Labute approximate surface area is 355 Å². The summed E-state index contributed by atoms with van der Waals surface area (Å²) in [7, 11) is 0. The first kappa shape index (κ1) is 37.4. The van der Waals surface area contributed by atoms with Crippen molar-refractivity contribution in [1.29, 1.82) is 0 Å². The van der Waals surface area contributed by atoms with Crippen LogP contribution < -0.4 is 42.6 Å². The minimum absolute atomic E-state index is 0.0818. The first-order chi connectivity index (χ1) is 28.9. The van der Waals surface area contributed by atoms with Gasteiger partial charge in [-0.05, 0) is 104 Å². The van der Waals surface area contributed by atoms with Crippen molar-refractivity contribution in [2.45, 2.75) is 75.3 Å². The van der Waals surface area contributed by atoms with Crippen molar-refractivity contribution >= 4 is 92.1 Å². The molecule has 0 amide bonds. The van der Waals surface area contributed by atoms with Gasteiger partial charge in [0.05, 0.1) is 16.9 Å². The molecule has 0 radical (unpaired) electrons. The molecule has 7 aromatic rings. The average Bonchev–Trinajstić information content (AvgIpc) is 3.25. The molecule has 11 rings (SSSR count). The minimum atomic E-state index is -4.59. The number of para-hydroxylation sites is 1. The van der Waals surface area contributed by atoms with Gasteiger partial charge in [-0.1, -0.05) is 156 Å². The highest BCUT2D eigenvalue weighted by Crippen LogP contribution is 2.54. The summed E-state index contributed by atoms with van der Waals surface area (Å²) in [5.74, 6) is 0.822. The number of alkyl halides is 3. The van der Waals surface area contributed by atoms with Crippen LogP contribution in [0, 0.1) is 0 Å². The van der Waals surface area contributed by atoms with Crippen LogP contribution in [-0.4, -0.2) is 13.4 Å². The Bertz CT molecular complexity index is 2920. The zero-order valence-electron chi connectivity index (χ0n) is 34.5. The van der Waals surface area contributed by atoms with Crippen LogP contribution in [0.3, 0.4) is 0 Å². The van der Waals surface area contributed by atoms with E-state index in [1.165, 1.54) is 50.0 Å². The van der Waals surface area contributed by atoms with Crippen molar-refractivity contribution in [3.8, 4) is 11.1 Å². The van der Waals surface area contributed by atoms with E-state index in [2.05, 4.69) is 150 Å². The second-order valence-corrected chi connectivity index (χ2v) is 18.8. The maximum absolute atomic E-state index is 15.5. The van der Waals surface area contributed by atoms with Crippen LogP contribution in [0.5, 0.6) is 0 Å². The molecule has 0 spiro atoms. The molecule has 4 heterocycles. The summed E-state index contributed by atoms with van der Waals surface area (Å²) in [6.07, 6.45) is -4.59. The van der Waals surface area contributed by atoms with Gasteiger partial charge in [0, 0.05) is 38.1 Å². The SMILES string of the molecule is CC(C)c1ccc2c(c1)B1c3ccccc3Sc3c1c1c4c(c3-c3ccccc3)N(c3ccccc3C(F)(F)F)c3ccc(C(C)C)cc3B4c3cc(C(C)C)ccc3N21. The van der Waals surface area contributed by atoms with E-state index in [0.717, 1.165) is 60.9 Å². The maximum atomic E-state index is 15.5. The van der Waals surface area contributed by atoms with Crippen molar-refractivity contribution in [2.75, 3.05) is 9.80 Å². The standard InChI is InChI=1S/C52H43B2F3N2S/c1-29(2)33-21-24-43-38(26-33)53-37-17-11-13-19-45(37)60-51-46(32-14-8-7-9-15-32)49-47-50(48(51)53)59(43)44-25-22-35(31(5)6)28-40(44)54(47)39-27-34(30(3)4)20-23-42(39)58(49)41-18-12-10-16-36(41)52(55,56)57/h7-31H,1-6H3. The summed E-state index contributed by atoms with van der Waals surface area (Å²) in [5, 5.41) is 0. The van der Waals surface area contributed by atoms with Gasteiger partial charge in [-0.2, -0.15) is 13.2 Å². The number of anilines is 6. The zero-order chi connectivity index (χ0) is 41.4. The minimum Gasteiger partial charge on any atom is -0.312 e. The van der Waals surface area contributed by atoms with Gasteiger partial charge in [-0.3, -0.25) is 0 Å². The molecular formula is C52H43B2F3N2S. The molecule has 60 heavy (non-hydrogen) atoms. The first-order valence-corrected chi connectivity index (χ1v) is 22.0. The van der Waals surface area contributed by atoms with Crippen LogP contribution in [0.1, 0.15) is 81.5 Å². The van der Waals surface area contributed by atoms with E-state index in [9.17, 15) is 0 Å². The molecule has 0 aromatic heterocycles. The number of hydrogen-bond donors (Lipinski definition) is 0. The Morgan fingerprint density at radius 2 is 0.967 bits per heavy atom. The molecule has 0 unspecified atom stereocenters. The molecule has 4 aliphatic heterocycles. The van der Waals surface area contributed by atoms with E-state index >= 15 is 13.2 Å². The van der Waals surface area contributed by atoms with Crippen LogP contribution in [0.2, 0.25) is 0 Å². The van der Waals surface area contributed by atoms with Crippen LogP contribution in [0.15, 0.2) is 143 Å². The van der Waals surface area contributed by atoms with Crippen LogP contribution >= 0.6 is 11.8 Å². The number of nitrogens with zero attached hydrogens (tertiary/aromatic N) is 2. The zero-order valence-corrected chi connectivity index (χ0v) is 35.3. The number of fused-ring (bicyclic) bond motifs is 10. The fourth-order valence-electron chi connectivity index (χ4n) is 10.4. The third-order valence-electron chi connectivity index (χ3n) is 13.3. The van der Waals surface area contributed by atoms with Gasteiger partial charge in [0.15, 0.2) is 0 Å². The highest BCUT2D eigenvalue weighted by atomic mass is 32.2. The molecule has 0 saturated heterocycles. The van der Waals surface area contributed by atoms with Crippen LogP contribution in [0.25, 0.3) is 11.1 Å². The topological polar surface area (TPSA) is 6.48 Å². The highest BCUT2D eigenvalue weighted by molar-refractivity contribution is 8.00. The van der Waals surface area contributed by atoms with E-state index in [-0.39, 0.29) is 30.9 Å². The number of rotatable bonds is 5. The summed E-state index contributed by atoms with van der Waals surface area (Å²) < 4.78 is 46.4. The predicted molar refractivity (Wildman–Crippen MR) is 248 cm³/mol. The number of halogens is 3. The molecule has 4 aliphatic rings. The second kappa shape index (κ2) is 13.5. The normalized spacial score (nSPS) is 14.3. The summed E-state index contributed by atoms with van der Waals surface area (Å²) in [6, 6.07) is 45.8. The molecule has 0 atom stereocenters. The maximum Gasteiger partial charge on any atom is 0.418 e. The van der Waals surface area contributed by atoms with E-state index in [1.807, 2.05) is 11.0 Å². The van der Waals surface area contributed by atoms with Gasteiger partial charge in [0.25, 0.3) is 6.71 Å². The van der Waals surface area contributed by atoms with Crippen molar-refractivity contribution in [3.63, 3.8) is 0 Å². The van der Waals surface area contributed by atoms with Gasteiger partial charge in [-0.15, -0.1) is 0 Å². The molecule has 2 nitrogen and oxygen atoms in total. The van der Waals surface area contributed by atoms with E-state index in [0.29, 0.717) is 5.92 Å². The third kappa shape index (κ3) is 5.32. The molecule has 0 saturated carbocycles. The lowest BCUT2D eigenvalue weighted by Gasteiger charge is -2.51. The van der Waals surface area contributed by atoms with Gasteiger partial charge in [0.2, 0.25) is 6.71 Å². The van der Waals surface area contributed by atoms with Crippen molar-refractivity contribution in [3.05, 3.63) is 156 Å². The summed E-state index contributed by atoms with van der Waals surface area (Å²) in [5.41, 5.74) is 17.1. The first-order valence-electron chi connectivity index (χ1n) is 21.2. The Balaban J connectivity index is 1.39. The Kier molecular flexibility index (Phi) is 8.39. The van der Waals surface area contributed by atoms with E-state index < -0.39 is 11.7 Å². The molecular weight excluding hydrogens is 763 g/mol. The molecule has 294 valence electrons. The van der Waals surface area contributed by atoms with Gasteiger partial charge in [0.1, 0.15) is 0 Å². The molecule has 8 heteroatoms. The van der Waals surface area contributed by atoms with Crippen molar-refractivity contribution in [2.24, 2.45) is 0 Å². The van der Waals surface area contributed by atoms with Gasteiger partial charge >= 0.3 is 6.18 Å². The summed E-state index contributed by atoms with van der Waals surface area (Å²) in [4.78, 5) is 6.73. The second-order valence-electron chi connectivity index (χ2n) is 17.7. The lowest BCUT2D eigenvalue weighted by Crippen LogP contribution is -2.68. The monoisotopic (exact) mass is 806 g/mol. The fraction of sp³-hybridized carbons (Fsp3) is 0.192. The highest BCUT2D eigenvalue weighted by Gasteiger charge is 2.53.